The van der Waals surface area contributed by atoms with Crippen LogP contribution in [0.1, 0.15) is 52.1 Å². The summed E-state index contributed by atoms with van der Waals surface area (Å²) in [6, 6.07) is 10.8. The number of rotatable bonds is 8. The molecule has 2 amide bonds. The molecule has 1 aromatic heterocycles. The Kier molecular flexibility index (Phi) is 7.21. The SMILES string of the molecule is CC(S)c1ccc(Nc2ccc(CNC(=O)C3(NC(=O)c4cncnc4)CC3)cc2)c(C(F)(F)F)c1. The van der Waals surface area contributed by atoms with Gasteiger partial charge in [-0.3, -0.25) is 9.59 Å². The number of aromatic nitrogens is 2. The zero-order chi connectivity index (χ0) is 25.9. The molecule has 2 aromatic carbocycles. The number of amides is 2. The molecular formula is C25H24F3N5O2S. The van der Waals surface area contributed by atoms with Crippen molar-refractivity contribution in [2.75, 3.05) is 5.32 Å². The Labute approximate surface area is 211 Å². The molecule has 36 heavy (non-hydrogen) atoms. The molecule has 7 nitrogen and oxygen atoms in total. The van der Waals surface area contributed by atoms with Crippen LogP contribution in [-0.4, -0.2) is 27.3 Å². The molecule has 1 atom stereocenters. The highest BCUT2D eigenvalue weighted by molar-refractivity contribution is 7.80. The summed E-state index contributed by atoms with van der Waals surface area (Å²) in [5.74, 6) is -0.725. The van der Waals surface area contributed by atoms with Crippen LogP contribution in [-0.2, 0) is 17.5 Å². The van der Waals surface area contributed by atoms with Gasteiger partial charge in [-0.15, -0.1) is 0 Å². The smallest absolute Gasteiger partial charge is 0.355 e. The molecule has 1 fully saturated rings. The van der Waals surface area contributed by atoms with E-state index in [2.05, 4.69) is 38.5 Å². The lowest BCUT2D eigenvalue weighted by molar-refractivity contribution is -0.137. The van der Waals surface area contributed by atoms with Crippen molar-refractivity contribution in [3.8, 4) is 0 Å². The minimum absolute atomic E-state index is 0.0588. The largest absolute Gasteiger partial charge is 0.418 e. The van der Waals surface area contributed by atoms with Crippen LogP contribution in [0, 0.1) is 0 Å². The topological polar surface area (TPSA) is 96.0 Å². The second kappa shape index (κ2) is 10.2. The van der Waals surface area contributed by atoms with Gasteiger partial charge < -0.3 is 16.0 Å². The number of hydrogen-bond acceptors (Lipinski definition) is 6. The van der Waals surface area contributed by atoms with Gasteiger partial charge in [0.05, 0.1) is 16.8 Å². The van der Waals surface area contributed by atoms with E-state index < -0.39 is 23.2 Å². The summed E-state index contributed by atoms with van der Waals surface area (Å²) in [5, 5.41) is 8.05. The Balaban J connectivity index is 1.36. The summed E-state index contributed by atoms with van der Waals surface area (Å²) in [7, 11) is 0. The van der Waals surface area contributed by atoms with E-state index in [4.69, 9.17) is 0 Å². The summed E-state index contributed by atoms with van der Waals surface area (Å²) < 4.78 is 40.7. The second-order valence-corrected chi connectivity index (χ2v) is 9.42. The van der Waals surface area contributed by atoms with Crippen molar-refractivity contribution < 1.29 is 22.8 Å². The third kappa shape index (κ3) is 5.96. The van der Waals surface area contributed by atoms with Crippen LogP contribution in [0.15, 0.2) is 61.2 Å². The highest BCUT2D eigenvalue weighted by Crippen LogP contribution is 2.38. The number of alkyl halides is 3. The van der Waals surface area contributed by atoms with E-state index in [9.17, 15) is 22.8 Å². The number of hydrogen-bond donors (Lipinski definition) is 4. The fraction of sp³-hybridized carbons (Fsp3) is 0.280. The van der Waals surface area contributed by atoms with Gasteiger partial charge in [-0.05, 0) is 55.2 Å². The molecule has 1 unspecified atom stereocenters. The summed E-state index contributed by atoms with van der Waals surface area (Å²) in [4.78, 5) is 32.7. The quantitative estimate of drug-likeness (QED) is 0.323. The van der Waals surface area contributed by atoms with Crippen molar-refractivity contribution in [3.63, 3.8) is 0 Å². The third-order valence-corrected chi connectivity index (χ3v) is 6.18. The van der Waals surface area contributed by atoms with Crippen molar-refractivity contribution in [1.82, 2.24) is 20.6 Å². The van der Waals surface area contributed by atoms with Gasteiger partial charge in [0.1, 0.15) is 11.9 Å². The van der Waals surface area contributed by atoms with E-state index in [0.717, 1.165) is 11.6 Å². The average molecular weight is 516 g/mol. The summed E-state index contributed by atoms with van der Waals surface area (Å²) >= 11 is 4.22. The van der Waals surface area contributed by atoms with E-state index >= 15 is 0 Å². The van der Waals surface area contributed by atoms with Gasteiger partial charge in [0.25, 0.3) is 5.91 Å². The van der Waals surface area contributed by atoms with Gasteiger partial charge in [0.15, 0.2) is 0 Å². The Morgan fingerprint density at radius 3 is 2.33 bits per heavy atom. The fourth-order valence-electron chi connectivity index (χ4n) is 3.62. The minimum atomic E-state index is -4.52. The molecule has 0 bridgehead atoms. The summed E-state index contributed by atoms with van der Waals surface area (Å²) in [5.41, 5.74) is 0.180. The first-order chi connectivity index (χ1) is 17.1. The van der Waals surface area contributed by atoms with E-state index in [1.165, 1.54) is 24.8 Å². The molecule has 0 aliphatic heterocycles. The number of nitrogens with one attached hydrogen (secondary N) is 3. The first kappa shape index (κ1) is 25.5. The molecule has 3 N–H and O–H groups in total. The lowest BCUT2D eigenvalue weighted by Crippen LogP contribution is -2.48. The van der Waals surface area contributed by atoms with Gasteiger partial charge in [-0.25, -0.2) is 9.97 Å². The summed E-state index contributed by atoms with van der Waals surface area (Å²) in [6.07, 6.45) is 0.581. The van der Waals surface area contributed by atoms with Gasteiger partial charge in [-0.2, -0.15) is 25.8 Å². The second-order valence-electron chi connectivity index (χ2n) is 8.65. The van der Waals surface area contributed by atoms with Gasteiger partial charge in [0.2, 0.25) is 5.91 Å². The van der Waals surface area contributed by atoms with Crippen LogP contribution in [0.4, 0.5) is 24.5 Å². The van der Waals surface area contributed by atoms with Crippen molar-refractivity contribution in [2.45, 2.75) is 43.3 Å². The molecule has 3 aromatic rings. The number of benzene rings is 2. The zero-order valence-electron chi connectivity index (χ0n) is 19.3. The van der Waals surface area contributed by atoms with Crippen LogP contribution in [0.3, 0.4) is 0 Å². The monoisotopic (exact) mass is 515 g/mol. The van der Waals surface area contributed by atoms with E-state index in [-0.39, 0.29) is 29.0 Å². The maximum Gasteiger partial charge on any atom is 0.418 e. The number of halogens is 3. The highest BCUT2D eigenvalue weighted by atomic mass is 32.1. The number of carbonyl (C=O) groups is 2. The molecule has 1 heterocycles. The Morgan fingerprint density at radius 1 is 1.08 bits per heavy atom. The molecule has 0 radical (unpaired) electrons. The van der Waals surface area contributed by atoms with E-state index in [1.54, 1.807) is 37.3 Å². The molecular weight excluding hydrogens is 491 g/mol. The number of thiol groups is 1. The first-order valence-corrected chi connectivity index (χ1v) is 11.7. The molecule has 188 valence electrons. The van der Waals surface area contributed by atoms with Crippen molar-refractivity contribution in [1.29, 1.82) is 0 Å². The Hall–Kier alpha value is -3.60. The molecule has 1 saturated carbocycles. The fourth-order valence-corrected chi connectivity index (χ4v) is 3.78. The molecule has 0 saturated heterocycles. The Bertz CT molecular complexity index is 1250. The predicted molar refractivity (Wildman–Crippen MR) is 132 cm³/mol. The van der Waals surface area contributed by atoms with E-state index in [0.29, 0.717) is 24.1 Å². The number of anilines is 2. The van der Waals surface area contributed by atoms with Crippen molar-refractivity contribution in [3.05, 3.63) is 83.4 Å². The Morgan fingerprint density at radius 2 is 1.75 bits per heavy atom. The van der Waals surface area contributed by atoms with Crippen LogP contribution < -0.4 is 16.0 Å². The van der Waals surface area contributed by atoms with Gasteiger partial charge in [-0.1, -0.05) is 18.2 Å². The molecule has 0 spiro atoms. The lowest BCUT2D eigenvalue weighted by atomic mass is 10.1. The lowest BCUT2D eigenvalue weighted by Gasteiger charge is -2.18. The van der Waals surface area contributed by atoms with Gasteiger partial charge in [0, 0.05) is 29.9 Å². The minimum Gasteiger partial charge on any atom is -0.355 e. The van der Waals surface area contributed by atoms with Crippen molar-refractivity contribution in [2.24, 2.45) is 0 Å². The van der Waals surface area contributed by atoms with Crippen molar-refractivity contribution >= 4 is 35.8 Å². The van der Waals surface area contributed by atoms with Crippen LogP contribution in [0.5, 0.6) is 0 Å². The summed E-state index contributed by atoms with van der Waals surface area (Å²) in [6.45, 7) is 1.91. The van der Waals surface area contributed by atoms with Crippen LogP contribution in [0.25, 0.3) is 0 Å². The predicted octanol–water partition coefficient (Wildman–Crippen LogP) is 4.81. The maximum atomic E-state index is 13.6. The highest BCUT2D eigenvalue weighted by Gasteiger charge is 2.51. The normalized spacial score (nSPS) is 15.0. The molecule has 11 heteroatoms. The van der Waals surface area contributed by atoms with E-state index in [1.807, 2.05) is 0 Å². The molecule has 1 aliphatic carbocycles. The van der Waals surface area contributed by atoms with Gasteiger partial charge >= 0.3 is 6.18 Å². The zero-order valence-corrected chi connectivity index (χ0v) is 20.2. The molecule has 1 aliphatic rings. The van der Waals surface area contributed by atoms with Crippen LogP contribution in [0.2, 0.25) is 0 Å². The third-order valence-electron chi connectivity index (χ3n) is 5.88. The van der Waals surface area contributed by atoms with Crippen LogP contribution >= 0.6 is 12.6 Å². The first-order valence-electron chi connectivity index (χ1n) is 11.2. The molecule has 4 rings (SSSR count). The average Bonchev–Trinajstić information content (AvgIpc) is 3.64. The standard InChI is InChI=1S/C25H24F3N5O2S/c1-15(36)17-4-7-21(20(10-17)25(26,27)28)32-19-5-2-16(3-6-19)11-31-23(35)24(8-9-24)33-22(34)18-12-29-14-30-13-18/h2-7,10,12-15,32,36H,8-9,11H2,1H3,(H,31,35)(H,33,34). The maximum absolute atomic E-state index is 13.6. The number of nitrogens with zero attached hydrogens (tertiary/aromatic N) is 2. The number of carbonyl (C=O) groups excluding carboxylic acids is 2.